The van der Waals surface area contributed by atoms with E-state index in [4.69, 9.17) is 9.47 Å². The number of ether oxygens (including phenoxy) is 2. The maximum absolute atomic E-state index is 5.52. The van der Waals surface area contributed by atoms with Crippen molar-refractivity contribution in [1.82, 2.24) is 0 Å². The molecule has 0 atom stereocenters. The van der Waals surface area contributed by atoms with E-state index in [1.54, 1.807) is 0 Å². The second-order valence-electron chi connectivity index (χ2n) is 3.47. The van der Waals surface area contributed by atoms with Crippen LogP contribution in [0.15, 0.2) is 24.3 Å². The molecule has 0 aromatic heterocycles. The Morgan fingerprint density at radius 2 is 1.67 bits per heavy atom. The average molecular weight is 208 g/mol. The minimum atomic E-state index is -0.110. The molecule has 0 aliphatic rings. The Morgan fingerprint density at radius 3 is 2.20 bits per heavy atom. The fourth-order valence-corrected chi connectivity index (χ4v) is 1.56. The highest BCUT2D eigenvalue weighted by molar-refractivity contribution is 5.25. The fourth-order valence-electron chi connectivity index (χ4n) is 1.56. The minimum absolute atomic E-state index is 0.110. The van der Waals surface area contributed by atoms with E-state index in [0.29, 0.717) is 13.2 Å². The van der Waals surface area contributed by atoms with Gasteiger partial charge in [0, 0.05) is 19.6 Å². The van der Waals surface area contributed by atoms with Crippen molar-refractivity contribution >= 4 is 0 Å². The standard InChI is InChI=1S/C13H20O2/c1-4-14-13(15-5-2)10-12-9-7-6-8-11(12)3/h6-9,13H,4-5,10H2,1-3H3. The molecule has 0 heterocycles. The molecule has 0 fully saturated rings. The van der Waals surface area contributed by atoms with Crippen molar-refractivity contribution in [3.63, 3.8) is 0 Å². The molecule has 1 aromatic rings. The lowest BCUT2D eigenvalue weighted by molar-refractivity contribution is -0.134. The number of hydrogen-bond acceptors (Lipinski definition) is 2. The van der Waals surface area contributed by atoms with Gasteiger partial charge in [-0.25, -0.2) is 0 Å². The Morgan fingerprint density at radius 1 is 1.07 bits per heavy atom. The summed E-state index contributed by atoms with van der Waals surface area (Å²) >= 11 is 0. The Kier molecular flexibility index (Phi) is 5.37. The Labute approximate surface area is 92.2 Å². The van der Waals surface area contributed by atoms with Gasteiger partial charge < -0.3 is 9.47 Å². The molecule has 15 heavy (non-hydrogen) atoms. The predicted octanol–water partition coefficient (Wildman–Crippen LogP) is 2.94. The first kappa shape index (κ1) is 12.2. The largest absolute Gasteiger partial charge is 0.353 e. The SMILES string of the molecule is CCOC(Cc1ccccc1C)OCC. The van der Waals surface area contributed by atoms with Gasteiger partial charge in [0.05, 0.1) is 0 Å². The van der Waals surface area contributed by atoms with E-state index in [0.717, 1.165) is 6.42 Å². The topological polar surface area (TPSA) is 18.5 Å². The van der Waals surface area contributed by atoms with Crippen molar-refractivity contribution in [3.8, 4) is 0 Å². The van der Waals surface area contributed by atoms with E-state index >= 15 is 0 Å². The highest BCUT2D eigenvalue weighted by Gasteiger charge is 2.09. The van der Waals surface area contributed by atoms with Crippen molar-refractivity contribution in [1.29, 1.82) is 0 Å². The van der Waals surface area contributed by atoms with E-state index in [-0.39, 0.29) is 6.29 Å². The van der Waals surface area contributed by atoms with E-state index in [1.165, 1.54) is 11.1 Å². The van der Waals surface area contributed by atoms with Gasteiger partial charge in [-0.1, -0.05) is 24.3 Å². The third kappa shape index (κ3) is 4.02. The summed E-state index contributed by atoms with van der Waals surface area (Å²) in [4.78, 5) is 0. The van der Waals surface area contributed by atoms with Crippen LogP contribution in [0, 0.1) is 6.92 Å². The van der Waals surface area contributed by atoms with E-state index in [2.05, 4.69) is 31.2 Å². The quantitative estimate of drug-likeness (QED) is 0.669. The molecule has 0 amide bonds. The number of aryl methyl sites for hydroxylation is 1. The normalized spacial score (nSPS) is 10.9. The Hall–Kier alpha value is -0.860. The summed E-state index contributed by atoms with van der Waals surface area (Å²) in [5.41, 5.74) is 2.59. The minimum Gasteiger partial charge on any atom is -0.353 e. The number of benzene rings is 1. The molecule has 0 bridgehead atoms. The summed E-state index contributed by atoms with van der Waals surface area (Å²) in [7, 11) is 0. The number of hydrogen-bond donors (Lipinski definition) is 0. The highest BCUT2D eigenvalue weighted by Crippen LogP contribution is 2.12. The molecule has 0 N–H and O–H groups in total. The van der Waals surface area contributed by atoms with Gasteiger partial charge in [0.25, 0.3) is 0 Å². The van der Waals surface area contributed by atoms with Crippen LogP contribution in [0.25, 0.3) is 0 Å². The van der Waals surface area contributed by atoms with Gasteiger partial charge in [-0.2, -0.15) is 0 Å². The summed E-state index contributed by atoms with van der Waals surface area (Å²) in [5, 5.41) is 0. The highest BCUT2D eigenvalue weighted by atomic mass is 16.7. The molecule has 84 valence electrons. The zero-order chi connectivity index (χ0) is 11.1. The van der Waals surface area contributed by atoms with Gasteiger partial charge in [-0.05, 0) is 31.9 Å². The maximum Gasteiger partial charge on any atom is 0.161 e. The molecule has 0 spiro atoms. The van der Waals surface area contributed by atoms with Crippen LogP contribution in [-0.4, -0.2) is 19.5 Å². The monoisotopic (exact) mass is 208 g/mol. The first-order chi connectivity index (χ1) is 7.27. The molecule has 2 nitrogen and oxygen atoms in total. The fraction of sp³-hybridized carbons (Fsp3) is 0.538. The molecule has 0 saturated carbocycles. The van der Waals surface area contributed by atoms with Crippen molar-refractivity contribution in [2.75, 3.05) is 13.2 Å². The van der Waals surface area contributed by atoms with Crippen LogP contribution in [0.1, 0.15) is 25.0 Å². The first-order valence-electron chi connectivity index (χ1n) is 5.55. The summed E-state index contributed by atoms with van der Waals surface area (Å²) in [5.74, 6) is 0. The van der Waals surface area contributed by atoms with Crippen LogP contribution in [-0.2, 0) is 15.9 Å². The molecule has 0 saturated heterocycles. The molecule has 0 aliphatic carbocycles. The smallest absolute Gasteiger partial charge is 0.161 e. The lowest BCUT2D eigenvalue weighted by Crippen LogP contribution is -2.20. The van der Waals surface area contributed by atoms with E-state index in [1.807, 2.05) is 13.8 Å². The molecule has 0 aliphatic heterocycles. The van der Waals surface area contributed by atoms with Gasteiger partial charge in [0.2, 0.25) is 0 Å². The zero-order valence-electron chi connectivity index (χ0n) is 9.82. The van der Waals surface area contributed by atoms with Gasteiger partial charge >= 0.3 is 0 Å². The molecular weight excluding hydrogens is 188 g/mol. The lowest BCUT2D eigenvalue weighted by atomic mass is 10.1. The van der Waals surface area contributed by atoms with Gasteiger partial charge in [-0.3, -0.25) is 0 Å². The maximum atomic E-state index is 5.52. The molecule has 2 heteroatoms. The van der Waals surface area contributed by atoms with Crippen LogP contribution >= 0.6 is 0 Å². The van der Waals surface area contributed by atoms with Gasteiger partial charge in [0.15, 0.2) is 6.29 Å². The van der Waals surface area contributed by atoms with Crippen LogP contribution in [0.5, 0.6) is 0 Å². The molecular formula is C13H20O2. The third-order valence-electron chi connectivity index (χ3n) is 2.35. The van der Waals surface area contributed by atoms with Crippen molar-refractivity contribution in [3.05, 3.63) is 35.4 Å². The van der Waals surface area contributed by atoms with Crippen LogP contribution in [0.3, 0.4) is 0 Å². The van der Waals surface area contributed by atoms with Crippen molar-refractivity contribution in [2.24, 2.45) is 0 Å². The molecule has 1 aromatic carbocycles. The van der Waals surface area contributed by atoms with Crippen LogP contribution in [0.4, 0.5) is 0 Å². The lowest BCUT2D eigenvalue weighted by Gasteiger charge is -2.17. The van der Waals surface area contributed by atoms with E-state index < -0.39 is 0 Å². The second-order valence-corrected chi connectivity index (χ2v) is 3.47. The van der Waals surface area contributed by atoms with Crippen LogP contribution < -0.4 is 0 Å². The molecule has 0 unspecified atom stereocenters. The van der Waals surface area contributed by atoms with Gasteiger partial charge in [0.1, 0.15) is 0 Å². The Bertz CT molecular complexity index is 278. The summed E-state index contributed by atoms with van der Waals surface area (Å²) < 4.78 is 11.0. The van der Waals surface area contributed by atoms with Crippen molar-refractivity contribution < 1.29 is 9.47 Å². The predicted molar refractivity (Wildman–Crippen MR) is 61.9 cm³/mol. The summed E-state index contributed by atoms with van der Waals surface area (Å²) in [6, 6.07) is 8.34. The van der Waals surface area contributed by atoms with Crippen LogP contribution in [0.2, 0.25) is 0 Å². The third-order valence-corrected chi connectivity index (χ3v) is 2.35. The average Bonchev–Trinajstić information content (AvgIpc) is 2.22. The molecule has 1 rings (SSSR count). The van der Waals surface area contributed by atoms with Gasteiger partial charge in [-0.15, -0.1) is 0 Å². The summed E-state index contributed by atoms with van der Waals surface area (Å²) in [6.45, 7) is 7.48. The Balaban J connectivity index is 2.60. The first-order valence-corrected chi connectivity index (χ1v) is 5.55. The van der Waals surface area contributed by atoms with Crippen molar-refractivity contribution in [2.45, 2.75) is 33.5 Å². The van der Waals surface area contributed by atoms with E-state index in [9.17, 15) is 0 Å². The summed E-state index contributed by atoms with van der Waals surface area (Å²) in [6.07, 6.45) is 0.718. The zero-order valence-corrected chi connectivity index (χ0v) is 9.82. The molecule has 0 radical (unpaired) electrons. The number of rotatable bonds is 6. The second kappa shape index (κ2) is 6.59.